The van der Waals surface area contributed by atoms with Crippen molar-refractivity contribution in [3.05, 3.63) is 0 Å². The van der Waals surface area contributed by atoms with E-state index < -0.39 is 38.6 Å². The first kappa shape index (κ1) is 17.7. The molecule has 0 aliphatic carbocycles. The summed E-state index contributed by atoms with van der Waals surface area (Å²) in [5, 5.41) is 0. The molecule has 0 rings (SSSR count). The minimum absolute atomic E-state index is 0.823. The van der Waals surface area contributed by atoms with E-state index >= 15 is 0 Å². The van der Waals surface area contributed by atoms with Crippen LogP contribution >= 0.6 is 0 Å². The van der Waals surface area contributed by atoms with E-state index in [4.69, 9.17) is 0 Å². The van der Waals surface area contributed by atoms with Crippen LogP contribution in [-0.4, -0.2) is 25.0 Å². The van der Waals surface area contributed by atoms with Crippen LogP contribution in [0.15, 0.2) is 0 Å². The van der Waals surface area contributed by atoms with Crippen molar-refractivity contribution in [1.29, 1.82) is 0 Å². The summed E-state index contributed by atoms with van der Waals surface area (Å²) in [4.78, 5) is 73.8. The summed E-state index contributed by atoms with van der Waals surface area (Å²) in [6.07, 6.45) is 0. The molecule has 0 radical (unpaired) electrons. The van der Waals surface area contributed by atoms with Crippen LogP contribution in [0, 0.1) is 0 Å². The van der Waals surface area contributed by atoms with Gasteiger partial charge in [0.2, 0.25) is 0 Å². The molecule has 0 fully saturated rings. The third kappa shape index (κ3) is 1.05. The molecule has 0 aromatic rings. The SMILES string of the molecule is C[C](=O)[W]([C](C)=O)([C](C)=O)([C](C)=O)([C](C)=O)[C](C)=O. The van der Waals surface area contributed by atoms with E-state index in [1.807, 2.05) is 0 Å². The second kappa shape index (κ2) is 4.10. The molecule has 0 amide bonds. The van der Waals surface area contributed by atoms with Crippen LogP contribution in [0.3, 0.4) is 0 Å². The Balaban J connectivity index is 8.00. The molecule has 19 heavy (non-hydrogen) atoms. The molecule has 0 aliphatic heterocycles. The van der Waals surface area contributed by atoms with Gasteiger partial charge in [-0.2, -0.15) is 0 Å². The van der Waals surface area contributed by atoms with Crippen LogP contribution < -0.4 is 0 Å². The van der Waals surface area contributed by atoms with Crippen LogP contribution in [-0.2, 0) is 42.3 Å². The van der Waals surface area contributed by atoms with Crippen molar-refractivity contribution >= 4 is 25.0 Å². The Morgan fingerprint density at radius 2 is 0.526 bits per heavy atom. The molecule has 0 bridgehead atoms. The van der Waals surface area contributed by atoms with Crippen LogP contribution in [0.2, 0.25) is 0 Å². The van der Waals surface area contributed by atoms with Gasteiger partial charge in [-0.25, -0.2) is 0 Å². The molecule has 0 N–H and O–H groups in total. The molecule has 0 aromatic heterocycles. The second-order valence-corrected chi connectivity index (χ2v) is 27.9. The van der Waals surface area contributed by atoms with Crippen LogP contribution in [0.5, 0.6) is 0 Å². The van der Waals surface area contributed by atoms with Crippen molar-refractivity contribution in [3.8, 4) is 0 Å². The molecular weight excluding hydrogens is 424 g/mol. The van der Waals surface area contributed by atoms with Gasteiger partial charge in [0, 0.05) is 0 Å². The molecule has 0 spiro atoms. The van der Waals surface area contributed by atoms with E-state index in [-0.39, 0.29) is 0 Å². The van der Waals surface area contributed by atoms with E-state index in [0.717, 1.165) is 41.5 Å². The monoisotopic (exact) mass is 442 g/mol. The maximum absolute atomic E-state index is 12.3. The van der Waals surface area contributed by atoms with Gasteiger partial charge in [-0.1, -0.05) is 0 Å². The van der Waals surface area contributed by atoms with Crippen LogP contribution in [0.4, 0.5) is 0 Å². The van der Waals surface area contributed by atoms with E-state index in [0.29, 0.717) is 0 Å². The van der Waals surface area contributed by atoms with Crippen molar-refractivity contribution in [2.75, 3.05) is 0 Å². The predicted molar refractivity (Wildman–Crippen MR) is 64.1 cm³/mol. The summed E-state index contributed by atoms with van der Waals surface area (Å²) in [7, 11) is 0. The Labute approximate surface area is 109 Å². The molecule has 0 heterocycles. The fourth-order valence-electron chi connectivity index (χ4n) is 3.04. The van der Waals surface area contributed by atoms with Gasteiger partial charge in [-0.05, 0) is 0 Å². The molecule has 0 saturated heterocycles. The second-order valence-electron chi connectivity index (χ2n) is 4.48. The molecule has 7 heteroatoms. The van der Waals surface area contributed by atoms with Crippen LogP contribution in [0.25, 0.3) is 0 Å². The first-order valence-electron chi connectivity index (χ1n) is 5.45. The quantitative estimate of drug-likeness (QED) is 0.594. The fraction of sp³-hybridized carbons (Fsp3) is 0.500. The third-order valence-electron chi connectivity index (χ3n) is 4.31. The number of carbonyl (C=O) groups is 6. The van der Waals surface area contributed by atoms with E-state index in [9.17, 15) is 28.8 Å². The normalized spacial score (nSPS) is 14.8. The molecule has 6 nitrogen and oxygen atoms in total. The van der Waals surface area contributed by atoms with Gasteiger partial charge in [0.1, 0.15) is 0 Å². The Kier molecular flexibility index (Phi) is 3.82. The Hall–Kier alpha value is -1.29. The summed E-state index contributed by atoms with van der Waals surface area (Å²) in [6.45, 7) is 4.94. The van der Waals surface area contributed by atoms with Crippen molar-refractivity contribution < 1.29 is 42.3 Å². The zero-order valence-electron chi connectivity index (χ0n) is 11.9. The van der Waals surface area contributed by atoms with E-state index in [1.165, 1.54) is 0 Å². The Morgan fingerprint density at radius 1 is 0.421 bits per heavy atom. The average Bonchev–Trinajstić information content (AvgIpc) is 2.15. The van der Waals surface area contributed by atoms with Crippen LogP contribution in [0.1, 0.15) is 41.5 Å². The minimum atomic E-state index is -7.44. The summed E-state index contributed by atoms with van der Waals surface area (Å²) in [5.41, 5.74) is 0. The van der Waals surface area contributed by atoms with E-state index in [2.05, 4.69) is 0 Å². The predicted octanol–water partition coefficient (Wildman–Crippen LogP) is 0.491. The van der Waals surface area contributed by atoms with Gasteiger partial charge in [0.15, 0.2) is 0 Å². The molecule has 0 atom stereocenters. The summed E-state index contributed by atoms with van der Waals surface area (Å²) in [5.74, 6) is 0. The fourth-order valence-corrected chi connectivity index (χ4v) is 24.9. The zero-order valence-corrected chi connectivity index (χ0v) is 14.8. The van der Waals surface area contributed by atoms with E-state index in [1.54, 1.807) is 0 Å². The zero-order chi connectivity index (χ0) is 15.9. The standard InChI is InChI=1S/6C2H3O.W/c6*1-2-3;/h6*1H3;. The molecule has 0 aliphatic rings. The Morgan fingerprint density at radius 3 is 0.526 bits per heavy atom. The van der Waals surface area contributed by atoms with Crippen molar-refractivity contribution in [2.24, 2.45) is 0 Å². The van der Waals surface area contributed by atoms with Crippen molar-refractivity contribution in [2.45, 2.75) is 41.5 Å². The number of carbonyl (C=O) groups excluding carboxylic acids is 6. The maximum atomic E-state index is 12.3. The van der Waals surface area contributed by atoms with Crippen molar-refractivity contribution in [1.82, 2.24) is 0 Å². The third-order valence-corrected chi connectivity index (χ3v) is 35.3. The molecule has 0 unspecified atom stereocenters. The first-order chi connectivity index (χ1) is 8.34. The number of hydrogen-bond donors (Lipinski definition) is 0. The molecular formula is C12H18O6W. The Bertz CT molecular complexity index is 425. The molecule has 0 aromatic carbocycles. The first-order valence-corrected chi connectivity index (χ1v) is 14.2. The number of hydrogen-bond acceptors (Lipinski definition) is 6. The van der Waals surface area contributed by atoms with Gasteiger partial charge in [0.25, 0.3) is 0 Å². The van der Waals surface area contributed by atoms with Crippen molar-refractivity contribution in [3.63, 3.8) is 0 Å². The summed E-state index contributed by atoms with van der Waals surface area (Å²) in [6, 6.07) is 0. The van der Waals surface area contributed by atoms with Gasteiger partial charge in [-0.15, -0.1) is 0 Å². The topological polar surface area (TPSA) is 102 Å². The van der Waals surface area contributed by atoms with Gasteiger partial charge < -0.3 is 0 Å². The number of rotatable bonds is 6. The summed E-state index contributed by atoms with van der Waals surface area (Å²) < 4.78 is -7.04. The summed E-state index contributed by atoms with van der Waals surface area (Å²) >= 11 is -7.44. The average molecular weight is 442 g/mol. The molecule has 108 valence electrons. The van der Waals surface area contributed by atoms with Gasteiger partial charge in [-0.3, -0.25) is 0 Å². The molecule has 0 saturated carbocycles. The van der Waals surface area contributed by atoms with Gasteiger partial charge in [0.05, 0.1) is 0 Å². The van der Waals surface area contributed by atoms with Gasteiger partial charge >= 0.3 is 109 Å².